The van der Waals surface area contributed by atoms with Gasteiger partial charge in [0, 0.05) is 13.2 Å². The molecule has 0 spiro atoms. The summed E-state index contributed by atoms with van der Waals surface area (Å²) in [5.74, 6) is 0. The molecule has 0 saturated carbocycles. The van der Waals surface area contributed by atoms with Crippen LogP contribution in [0.1, 0.15) is 25.7 Å². The smallest absolute Gasteiger partial charge is 0.324 e. The molecule has 2 aliphatic rings. The van der Waals surface area contributed by atoms with E-state index < -0.39 is 17.6 Å². The van der Waals surface area contributed by atoms with E-state index in [4.69, 9.17) is 18.0 Å². The minimum Gasteiger partial charge on any atom is -0.439 e. The van der Waals surface area contributed by atoms with Crippen molar-refractivity contribution in [1.29, 1.82) is 0 Å². The van der Waals surface area contributed by atoms with E-state index in [0.717, 1.165) is 38.9 Å². The van der Waals surface area contributed by atoms with Crippen molar-refractivity contribution in [2.75, 3.05) is 26.4 Å². The van der Waals surface area contributed by atoms with Gasteiger partial charge in [-0.15, -0.1) is 0 Å². The van der Waals surface area contributed by atoms with E-state index in [1.165, 1.54) is 25.3 Å². The van der Waals surface area contributed by atoms with Crippen molar-refractivity contribution in [3.05, 3.63) is 0 Å². The summed E-state index contributed by atoms with van der Waals surface area (Å²) < 4.78 is 23.2. The average Bonchev–Trinajstić information content (AvgIpc) is 3.16. The van der Waals surface area contributed by atoms with Crippen LogP contribution < -0.4 is 0 Å². The van der Waals surface area contributed by atoms with Gasteiger partial charge >= 0.3 is 8.56 Å². The second-order valence-corrected chi connectivity index (χ2v) is 12.1. The van der Waals surface area contributed by atoms with Crippen molar-refractivity contribution in [3.8, 4) is 0 Å². The lowest BCUT2D eigenvalue weighted by atomic mass is 10.3. The number of hydrogen-bond donors (Lipinski definition) is 0. The summed E-state index contributed by atoms with van der Waals surface area (Å²) in [6.45, 7) is 7.89. The molecule has 3 atom stereocenters. The van der Waals surface area contributed by atoms with Crippen LogP contribution in [0.25, 0.3) is 0 Å². The topological polar surface area (TPSA) is 40.2 Å². The number of hydrogen-bond acceptors (Lipinski definition) is 4. The van der Waals surface area contributed by atoms with Gasteiger partial charge < -0.3 is 18.0 Å². The molecule has 0 bridgehead atoms. The van der Waals surface area contributed by atoms with Crippen molar-refractivity contribution in [2.24, 2.45) is 0 Å². The fourth-order valence-electron chi connectivity index (χ4n) is 2.52. The zero-order valence-corrected chi connectivity index (χ0v) is 14.5. The third kappa shape index (κ3) is 6.51. The highest BCUT2D eigenvalue weighted by atomic mass is 28.4. The average molecular weight is 305 g/mol. The Hall–Kier alpha value is 0.274. The molecule has 3 unspecified atom stereocenters. The molecule has 2 saturated heterocycles. The third-order valence-electron chi connectivity index (χ3n) is 3.74. The van der Waals surface area contributed by atoms with Crippen molar-refractivity contribution in [3.63, 3.8) is 0 Å². The lowest BCUT2D eigenvalue weighted by Gasteiger charge is -2.29. The van der Waals surface area contributed by atoms with Crippen molar-refractivity contribution in [2.45, 2.75) is 57.0 Å². The van der Waals surface area contributed by atoms with Crippen LogP contribution in [-0.4, -0.2) is 50.1 Å². The molecule has 2 heterocycles. The predicted molar refractivity (Wildman–Crippen MR) is 80.3 cm³/mol. The molecule has 6 heteroatoms. The number of ether oxygens (including phenoxy) is 2. The number of rotatable bonds is 6. The molecule has 0 radical (unpaired) electrons. The van der Waals surface area contributed by atoms with Crippen molar-refractivity contribution < 1.29 is 18.0 Å². The van der Waals surface area contributed by atoms with E-state index in [1.807, 2.05) is 0 Å². The maximum atomic E-state index is 6.37. The van der Waals surface area contributed by atoms with Crippen LogP contribution in [0.2, 0.25) is 25.2 Å². The molecular weight excluding hydrogens is 276 g/mol. The Morgan fingerprint density at radius 2 is 2.16 bits per heavy atom. The summed E-state index contributed by atoms with van der Waals surface area (Å²) in [5.41, 5.74) is 0. The van der Waals surface area contributed by atoms with E-state index in [1.54, 1.807) is 0 Å². The lowest BCUT2D eigenvalue weighted by Crippen LogP contribution is -2.43. The highest BCUT2D eigenvalue weighted by molar-refractivity contribution is 6.74. The van der Waals surface area contributed by atoms with E-state index >= 15 is 0 Å². The maximum absolute atomic E-state index is 6.37. The van der Waals surface area contributed by atoms with Crippen LogP contribution >= 0.6 is 0 Å². The molecule has 0 amide bonds. The fourth-order valence-corrected chi connectivity index (χ4v) is 9.51. The molecule has 0 aliphatic carbocycles. The van der Waals surface area contributed by atoms with Gasteiger partial charge in [-0.25, -0.2) is 0 Å². The molecule has 2 rings (SSSR count). The van der Waals surface area contributed by atoms with E-state index in [-0.39, 0.29) is 0 Å². The Kier molecular flexibility index (Phi) is 6.51. The summed E-state index contributed by atoms with van der Waals surface area (Å²) in [6, 6.07) is 2.37. The SMILES string of the molecule is C[SiH]1CCCCCO[Si](C)(CCCOCC2CO2)O1. The Labute approximate surface area is 119 Å². The molecule has 2 aliphatic heterocycles. The standard InChI is InChI=1S/C13H28O4Si2/c1-18-9-5-3-4-8-16-19(2,17-18)10-6-7-14-11-13-12-15-13/h13,18H,3-12H2,1-2H3. The minimum absolute atomic E-state index is 0.373. The van der Waals surface area contributed by atoms with Crippen LogP contribution in [0.4, 0.5) is 0 Å². The monoisotopic (exact) mass is 304 g/mol. The first-order chi connectivity index (χ1) is 9.18. The van der Waals surface area contributed by atoms with Gasteiger partial charge in [0.2, 0.25) is 0 Å². The van der Waals surface area contributed by atoms with Gasteiger partial charge in [-0.3, -0.25) is 0 Å². The highest BCUT2D eigenvalue weighted by Gasteiger charge is 2.33. The molecule has 4 nitrogen and oxygen atoms in total. The van der Waals surface area contributed by atoms with Crippen molar-refractivity contribution in [1.82, 2.24) is 0 Å². The summed E-state index contributed by atoms with van der Waals surface area (Å²) in [6.07, 6.45) is 5.25. The van der Waals surface area contributed by atoms with Gasteiger partial charge in [0.25, 0.3) is 0 Å². The van der Waals surface area contributed by atoms with Gasteiger partial charge in [-0.1, -0.05) is 12.8 Å². The van der Waals surface area contributed by atoms with Crippen LogP contribution in [0.15, 0.2) is 0 Å². The summed E-state index contributed by atoms with van der Waals surface area (Å²) in [7, 11) is -2.94. The van der Waals surface area contributed by atoms with Crippen LogP contribution in [0.5, 0.6) is 0 Å². The molecule has 112 valence electrons. The minimum atomic E-state index is -1.93. The molecule has 19 heavy (non-hydrogen) atoms. The molecule has 2 fully saturated rings. The molecule has 0 aromatic heterocycles. The highest BCUT2D eigenvalue weighted by Crippen LogP contribution is 2.22. The van der Waals surface area contributed by atoms with Gasteiger partial charge in [0.05, 0.1) is 13.2 Å². The second-order valence-electron chi connectivity index (χ2n) is 5.89. The Balaban J connectivity index is 1.66. The first-order valence-corrected chi connectivity index (χ1v) is 12.7. The second kappa shape index (κ2) is 7.90. The van der Waals surface area contributed by atoms with Gasteiger partial charge in [0.15, 0.2) is 9.04 Å². The van der Waals surface area contributed by atoms with Crippen molar-refractivity contribution >= 4 is 17.6 Å². The van der Waals surface area contributed by atoms with Gasteiger partial charge in [-0.2, -0.15) is 0 Å². The Morgan fingerprint density at radius 3 is 2.95 bits per heavy atom. The molecular formula is C13H28O4Si2. The van der Waals surface area contributed by atoms with Crippen LogP contribution in [0.3, 0.4) is 0 Å². The maximum Gasteiger partial charge on any atom is 0.324 e. The van der Waals surface area contributed by atoms with Crippen LogP contribution in [-0.2, 0) is 18.0 Å². The fraction of sp³-hybridized carbons (Fsp3) is 1.00. The zero-order valence-electron chi connectivity index (χ0n) is 12.4. The first-order valence-electron chi connectivity index (χ1n) is 7.69. The third-order valence-corrected chi connectivity index (χ3v) is 10.6. The molecule has 0 N–H and O–H groups in total. The Morgan fingerprint density at radius 1 is 1.32 bits per heavy atom. The first kappa shape index (κ1) is 15.7. The Bertz CT molecular complexity index is 263. The molecule has 0 aromatic carbocycles. The van der Waals surface area contributed by atoms with E-state index in [2.05, 4.69) is 13.1 Å². The quantitative estimate of drug-likeness (QED) is 0.429. The van der Waals surface area contributed by atoms with E-state index in [9.17, 15) is 0 Å². The van der Waals surface area contributed by atoms with Gasteiger partial charge in [0.1, 0.15) is 6.10 Å². The molecule has 0 aromatic rings. The number of epoxide rings is 1. The largest absolute Gasteiger partial charge is 0.439 e. The summed E-state index contributed by atoms with van der Waals surface area (Å²) in [5, 5.41) is 0. The summed E-state index contributed by atoms with van der Waals surface area (Å²) >= 11 is 0. The van der Waals surface area contributed by atoms with Crippen LogP contribution in [0, 0.1) is 0 Å². The predicted octanol–water partition coefficient (Wildman–Crippen LogP) is 2.43. The van der Waals surface area contributed by atoms with Gasteiger partial charge in [-0.05, 0) is 38.0 Å². The zero-order chi connectivity index (χ0) is 13.6. The van der Waals surface area contributed by atoms with E-state index in [0.29, 0.717) is 6.10 Å². The normalized spacial score (nSPS) is 36.3. The lowest BCUT2D eigenvalue weighted by molar-refractivity contribution is 0.115. The summed E-state index contributed by atoms with van der Waals surface area (Å²) in [4.78, 5) is 0.